The second-order valence-electron chi connectivity index (χ2n) is 5.06. The van der Waals surface area contributed by atoms with Gasteiger partial charge in [-0.2, -0.15) is 0 Å². The maximum Gasteiger partial charge on any atom is 0.221 e. The van der Waals surface area contributed by atoms with Crippen LogP contribution in [0, 0.1) is 0 Å². The number of carbonyl (C=O) groups is 1. The molecule has 0 aliphatic rings. The van der Waals surface area contributed by atoms with Crippen LogP contribution < -0.4 is 5.32 Å². The molecule has 0 saturated carbocycles. The topological polar surface area (TPSA) is 63.2 Å². The molecule has 1 N–H and O–H groups in total. The first-order valence-corrected chi connectivity index (χ1v) is 8.70. The second-order valence-corrected chi connectivity index (χ2v) is 8.24. The summed E-state index contributed by atoms with van der Waals surface area (Å²) in [6, 6.07) is 7.64. The Morgan fingerprint density at radius 2 is 1.79 bits per heavy atom. The molecule has 0 atom stereocenters. The SMILES string of the molecule is CC(C)(NC(=O)CCS(C)(=O)=O)c1ccc(Br)cc1. The van der Waals surface area contributed by atoms with Gasteiger partial charge in [-0.05, 0) is 31.5 Å². The number of nitrogens with one attached hydrogen (secondary N) is 1. The molecule has 0 fully saturated rings. The Bertz CT molecular complexity index is 550. The molecule has 0 radical (unpaired) electrons. The van der Waals surface area contributed by atoms with Crippen LogP contribution in [0.15, 0.2) is 28.7 Å². The third-order valence-corrected chi connectivity index (χ3v) is 4.19. The summed E-state index contributed by atoms with van der Waals surface area (Å²) < 4.78 is 23.0. The molecule has 1 rings (SSSR count). The maximum atomic E-state index is 11.8. The van der Waals surface area contributed by atoms with Crippen LogP contribution in [0.25, 0.3) is 0 Å². The second kappa shape index (κ2) is 6.05. The number of halogens is 1. The van der Waals surface area contributed by atoms with E-state index in [1.807, 2.05) is 38.1 Å². The lowest BCUT2D eigenvalue weighted by Gasteiger charge is -2.27. The molecule has 6 heteroatoms. The monoisotopic (exact) mass is 347 g/mol. The Morgan fingerprint density at radius 3 is 2.26 bits per heavy atom. The fraction of sp³-hybridized carbons (Fsp3) is 0.462. The summed E-state index contributed by atoms with van der Waals surface area (Å²) in [7, 11) is -3.11. The van der Waals surface area contributed by atoms with Crippen LogP contribution in [0.4, 0.5) is 0 Å². The van der Waals surface area contributed by atoms with E-state index in [4.69, 9.17) is 0 Å². The molecular formula is C13H18BrNO3S. The summed E-state index contributed by atoms with van der Waals surface area (Å²) in [4.78, 5) is 11.8. The van der Waals surface area contributed by atoms with Gasteiger partial charge in [-0.3, -0.25) is 4.79 Å². The first kappa shape index (κ1) is 16.2. The van der Waals surface area contributed by atoms with E-state index in [9.17, 15) is 13.2 Å². The van der Waals surface area contributed by atoms with Gasteiger partial charge in [0.05, 0.1) is 11.3 Å². The highest BCUT2D eigenvalue weighted by atomic mass is 79.9. The van der Waals surface area contributed by atoms with E-state index >= 15 is 0 Å². The van der Waals surface area contributed by atoms with Gasteiger partial charge in [-0.25, -0.2) is 8.42 Å². The quantitative estimate of drug-likeness (QED) is 0.888. The van der Waals surface area contributed by atoms with Crippen molar-refractivity contribution in [2.24, 2.45) is 0 Å². The van der Waals surface area contributed by atoms with Crippen LogP contribution in [0.2, 0.25) is 0 Å². The molecule has 4 nitrogen and oxygen atoms in total. The standard InChI is InChI=1S/C13H18BrNO3S/c1-13(2,10-4-6-11(14)7-5-10)15-12(16)8-9-19(3,17)18/h4-7H,8-9H2,1-3H3,(H,15,16). The predicted molar refractivity (Wildman–Crippen MR) is 79.6 cm³/mol. The Hall–Kier alpha value is -0.880. The van der Waals surface area contributed by atoms with Gasteiger partial charge in [0, 0.05) is 17.1 Å². The Labute approximate surface area is 122 Å². The minimum atomic E-state index is -3.11. The number of sulfone groups is 1. The number of amides is 1. The van der Waals surface area contributed by atoms with Crippen molar-refractivity contribution in [1.82, 2.24) is 5.32 Å². The summed E-state index contributed by atoms with van der Waals surface area (Å²) in [6.07, 6.45) is 1.11. The van der Waals surface area contributed by atoms with Crippen LogP contribution in [-0.2, 0) is 20.2 Å². The van der Waals surface area contributed by atoms with Gasteiger partial charge in [-0.15, -0.1) is 0 Å². The summed E-state index contributed by atoms with van der Waals surface area (Å²) in [5.41, 5.74) is 0.429. The van der Waals surface area contributed by atoms with Gasteiger partial charge < -0.3 is 5.32 Å². The molecule has 106 valence electrons. The van der Waals surface area contributed by atoms with Gasteiger partial charge in [0.25, 0.3) is 0 Å². The predicted octanol–water partition coefficient (Wildman–Crippen LogP) is 2.24. The van der Waals surface area contributed by atoms with Crippen LogP contribution in [0.5, 0.6) is 0 Å². The molecule has 1 amide bonds. The molecule has 0 aliphatic carbocycles. The summed E-state index contributed by atoms with van der Waals surface area (Å²) in [5.74, 6) is -0.395. The van der Waals surface area contributed by atoms with Crippen molar-refractivity contribution in [3.05, 3.63) is 34.3 Å². The van der Waals surface area contributed by atoms with E-state index in [0.29, 0.717) is 0 Å². The van der Waals surface area contributed by atoms with E-state index in [1.165, 1.54) is 0 Å². The number of rotatable bonds is 5. The molecule has 1 aromatic rings. The number of carbonyl (C=O) groups excluding carboxylic acids is 1. The van der Waals surface area contributed by atoms with Crippen molar-refractivity contribution < 1.29 is 13.2 Å². The molecule has 1 aromatic carbocycles. The van der Waals surface area contributed by atoms with Gasteiger partial charge in [0.2, 0.25) is 5.91 Å². The normalized spacial score (nSPS) is 12.2. The van der Waals surface area contributed by atoms with E-state index in [2.05, 4.69) is 21.2 Å². The van der Waals surface area contributed by atoms with Crippen molar-refractivity contribution in [3.63, 3.8) is 0 Å². The lowest BCUT2D eigenvalue weighted by molar-refractivity contribution is -0.122. The summed E-state index contributed by atoms with van der Waals surface area (Å²) >= 11 is 3.36. The molecule has 0 unspecified atom stereocenters. The Morgan fingerprint density at radius 1 is 1.26 bits per heavy atom. The number of hydrogen-bond donors (Lipinski definition) is 1. The fourth-order valence-corrected chi connectivity index (χ4v) is 2.45. The van der Waals surface area contributed by atoms with Crippen LogP contribution in [0.1, 0.15) is 25.8 Å². The lowest BCUT2D eigenvalue weighted by Crippen LogP contribution is -2.41. The molecule has 0 bridgehead atoms. The average molecular weight is 348 g/mol. The molecule has 0 aromatic heterocycles. The lowest BCUT2D eigenvalue weighted by atomic mass is 9.94. The highest BCUT2D eigenvalue weighted by Gasteiger charge is 2.23. The fourth-order valence-electron chi connectivity index (χ4n) is 1.63. The van der Waals surface area contributed by atoms with Crippen molar-refractivity contribution >= 4 is 31.7 Å². The Balaban J connectivity index is 2.69. The van der Waals surface area contributed by atoms with Crippen LogP contribution >= 0.6 is 15.9 Å². The molecule has 0 heterocycles. The Kier molecular flexibility index (Phi) is 5.15. The third kappa shape index (κ3) is 5.74. The maximum absolute atomic E-state index is 11.8. The zero-order valence-corrected chi connectivity index (χ0v) is 13.6. The largest absolute Gasteiger partial charge is 0.347 e. The molecule has 0 saturated heterocycles. The molecular weight excluding hydrogens is 330 g/mol. The minimum absolute atomic E-state index is 0.0151. The first-order chi connectivity index (χ1) is 8.60. The van der Waals surface area contributed by atoms with E-state index in [-0.39, 0.29) is 18.1 Å². The number of benzene rings is 1. The zero-order valence-electron chi connectivity index (χ0n) is 11.2. The van der Waals surface area contributed by atoms with Gasteiger partial charge in [-0.1, -0.05) is 28.1 Å². The third-order valence-electron chi connectivity index (χ3n) is 2.72. The van der Waals surface area contributed by atoms with E-state index in [1.54, 1.807) is 0 Å². The number of hydrogen-bond acceptors (Lipinski definition) is 3. The highest BCUT2D eigenvalue weighted by molar-refractivity contribution is 9.10. The van der Waals surface area contributed by atoms with Crippen LogP contribution in [0.3, 0.4) is 0 Å². The summed E-state index contributed by atoms with van der Waals surface area (Å²) in [5, 5.41) is 2.85. The van der Waals surface area contributed by atoms with Gasteiger partial charge >= 0.3 is 0 Å². The zero-order chi connectivity index (χ0) is 14.7. The van der Waals surface area contributed by atoms with Crippen molar-refractivity contribution in [2.75, 3.05) is 12.0 Å². The molecule has 19 heavy (non-hydrogen) atoms. The molecule has 0 aliphatic heterocycles. The van der Waals surface area contributed by atoms with Crippen molar-refractivity contribution in [2.45, 2.75) is 25.8 Å². The smallest absolute Gasteiger partial charge is 0.221 e. The van der Waals surface area contributed by atoms with E-state index in [0.717, 1.165) is 16.3 Å². The van der Waals surface area contributed by atoms with Crippen molar-refractivity contribution in [3.8, 4) is 0 Å². The summed E-state index contributed by atoms with van der Waals surface area (Å²) in [6.45, 7) is 3.77. The van der Waals surface area contributed by atoms with Gasteiger partial charge in [0.1, 0.15) is 9.84 Å². The van der Waals surface area contributed by atoms with E-state index < -0.39 is 15.4 Å². The van der Waals surface area contributed by atoms with Crippen molar-refractivity contribution in [1.29, 1.82) is 0 Å². The highest BCUT2D eigenvalue weighted by Crippen LogP contribution is 2.22. The minimum Gasteiger partial charge on any atom is -0.347 e. The van der Waals surface area contributed by atoms with Gasteiger partial charge in [0.15, 0.2) is 0 Å². The first-order valence-electron chi connectivity index (χ1n) is 5.85. The average Bonchev–Trinajstić information content (AvgIpc) is 2.25. The van der Waals surface area contributed by atoms with Crippen LogP contribution in [-0.4, -0.2) is 26.3 Å². The molecule has 0 spiro atoms.